The predicted molar refractivity (Wildman–Crippen MR) is 176 cm³/mol. The lowest BCUT2D eigenvalue weighted by molar-refractivity contribution is -0.385. The first-order valence-corrected chi connectivity index (χ1v) is 15.0. The van der Waals surface area contributed by atoms with Crippen LogP contribution in [-0.2, 0) is 15.3 Å². The van der Waals surface area contributed by atoms with Crippen molar-refractivity contribution >= 4 is 34.6 Å². The summed E-state index contributed by atoms with van der Waals surface area (Å²) < 4.78 is 7.11. The summed E-state index contributed by atoms with van der Waals surface area (Å²) in [5.41, 5.74) is 2.03. The SMILES string of the molecule is CC1=C(c2ccccc2)O[C@@]2(c3cccc([N+](=O)[O-])c3)C[C@@H](c3ccccc3)N(C(=O)c3ccccc3)c3ccccc3N2C1=O. The summed E-state index contributed by atoms with van der Waals surface area (Å²) in [5, 5.41) is 12.1. The van der Waals surface area contributed by atoms with Crippen LogP contribution in [0.15, 0.2) is 145 Å². The Hall–Kier alpha value is -6.02. The average molecular weight is 608 g/mol. The Bertz CT molecular complexity index is 2000. The van der Waals surface area contributed by atoms with E-state index in [1.54, 1.807) is 47.1 Å². The molecule has 2 aliphatic heterocycles. The van der Waals surface area contributed by atoms with Crippen LogP contribution in [0.4, 0.5) is 17.1 Å². The van der Waals surface area contributed by atoms with Gasteiger partial charge in [0.15, 0.2) is 0 Å². The lowest BCUT2D eigenvalue weighted by Gasteiger charge is -2.47. The molecule has 2 amide bonds. The molecular formula is C38H29N3O5. The molecule has 0 unspecified atom stereocenters. The molecule has 5 aromatic rings. The molecule has 0 N–H and O–H groups in total. The molecule has 0 saturated heterocycles. The van der Waals surface area contributed by atoms with Crippen LogP contribution in [-0.4, -0.2) is 16.7 Å². The maximum Gasteiger partial charge on any atom is 0.269 e. The van der Waals surface area contributed by atoms with E-state index in [9.17, 15) is 19.7 Å². The van der Waals surface area contributed by atoms with E-state index in [1.165, 1.54) is 12.1 Å². The van der Waals surface area contributed by atoms with Gasteiger partial charge in [-0.05, 0) is 36.8 Å². The summed E-state index contributed by atoms with van der Waals surface area (Å²) in [4.78, 5) is 44.3. The zero-order valence-electron chi connectivity index (χ0n) is 24.9. The number of hydrogen-bond acceptors (Lipinski definition) is 5. The minimum absolute atomic E-state index is 0.0702. The zero-order chi connectivity index (χ0) is 31.8. The molecule has 2 atom stereocenters. The van der Waals surface area contributed by atoms with Crippen molar-refractivity contribution in [2.45, 2.75) is 25.1 Å². The first kappa shape index (κ1) is 28.7. The lowest BCUT2D eigenvalue weighted by Crippen LogP contribution is -2.55. The van der Waals surface area contributed by atoms with Crippen LogP contribution in [0.3, 0.4) is 0 Å². The number of para-hydroxylation sites is 2. The van der Waals surface area contributed by atoms with E-state index in [2.05, 4.69) is 0 Å². The Labute approximate surface area is 265 Å². The van der Waals surface area contributed by atoms with Crippen LogP contribution in [0.5, 0.6) is 0 Å². The molecule has 8 nitrogen and oxygen atoms in total. The van der Waals surface area contributed by atoms with Gasteiger partial charge in [0, 0.05) is 35.2 Å². The number of carbonyl (C=O) groups excluding carboxylic acids is 2. The van der Waals surface area contributed by atoms with Gasteiger partial charge >= 0.3 is 0 Å². The first-order chi connectivity index (χ1) is 22.4. The number of fused-ring (bicyclic) bond motifs is 3. The second-order valence-electron chi connectivity index (χ2n) is 11.3. The lowest BCUT2D eigenvalue weighted by atomic mass is 9.87. The third kappa shape index (κ3) is 4.71. The Kier molecular flexibility index (Phi) is 7.17. The highest BCUT2D eigenvalue weighted by Crippen LogP contribution is 2.55. The number of rotatable bonds is 5. The van der Waals surface area contributed by atoms with Crippen molar-refractivity contribution in [2.75, 3.05) is 9.80 Å². The third-order valence-electron chi connectivity index (χ3n) is 8.63. The van der Waals surface area contributed by atoms with Gasteiger partial charge in [0.05, 0.1) is 27.9 Å². The number of carbonyl (C=O) groups is 2. The van der Waals surface area contributed by atoms with Crippen molar-refractivity contribution in [3.63, 3.8) is 0 Å². The molecule has 0 spiro atoms. The van der Waals surface area contributed by atoms with Crippen LogP contribution in [0, 0.1) is 10.1 Å². The van der Waals surface area contributed by atoms with Crippen molar-refractivity contribution in [3.8, 4) is 0 Å². The van der Waals surface area contributed by atoms with Crippen molar-refractivity contribution < 1.29 is 19.2 Å². The van der Waals surface area contributed by atoms with Crippen molar-refractivity contribution in [1.29, 1.82) is 0 Å². The van der Waals surface area contributed by atoms with Crippen molar-refractivity contribution in [3.05, 3.63) is 177 Å². The van der Waals surface area contributed by atoms with Crippen LogP contribution in [0.25, 0.3) is 5.76 Å². The van der Waals surface area contributed by atoms with Gasteiger partial charge in [0.25, 0.3) is 17.5 Å². The molecular weight excluding hydrogens is 578 g/mol. The number of ether oxygens (including phenoxy) is 1. The molecule has 5 aromatic carbocycles. The van der Waals surface area contributed by atoms with Gasteiger partial charge in [0.2, 0.25) is 5.72 Å². The fraction of sp³-hybridized carbons (Fsp3) is 0.105. The summed E-state index contributed by atoms with van der Waals surface area (Å²) >= 11 is 0. The minimum Gasteiger partial charge on any atom is -0.462 e. The van der Waals surface area contributed by atoms with E-state index in [1.807, 2.05) is 97.1 Å². The molecule has 2 heterocycles. The van der Waals surface area contributed by atoms with Gasteiger partial charge < -0.3 is 4.74 Å². The predicted octanol–water partition coefficient (Wildman–Crippen LogP) is 8.03. The molecule has 46 heavy (non-hydrogen) atoms. The summed E-state index contributed by atoms with van der Waals surface area (Å²) in [6, 6.07) is 40.8. The van der Waals surface area contributed by atoms with Crippen molar-refractivity contribution in [2.24, 2.45) is 0 Å². The zero-order valence-corrected chi connectivity index (χ0v) is 24.9. The molecule has 2 aliphatic rings. The van der Waals surface area contributed by atoms with Crippen molar-refractivity contribution in [1.82, 2.24) is 0 Å². The quantitative estimate of drug-likeness (QED) is 0.149. The number of nitrogens with zero attached hydrogens (tertiary/aromatic N) is 3. The molecule has 0 bridgehead atoms. The molecule has 8 heteroatoms. The minimum atomic E-state index is -1.59. The highest BCUT2D eigenvalue weighted by Gasteiger charge is 2.55. The monoisotopic (exact) mass is 607 g/mol. The summed E-state index contributed by atoms with van der Waals surface area (Å²) in [7, 11) is 0. The number of amides is 2. The number of nitro benzene ring substituents is 1. The fourth-order valence-electron chi connectivity index (χ4n) is 6.48. The van der Waals surface area contributed by atoms with E-state index < -0.39 is 16.7 Å². The third-order valence-corrected chi connectivity index (χ3v) is 8.63. The molecule has 0 aromatic heterocycles. The van der Waals surface area contributed by atoms with Crippen LogP contribution in [0.2, 0.25) is 0 Å². The van der Waals surface area contributed by atoms with Crippen LogP contribution >= 0.6 is 0 Å². The number of benzene rings is 5. The van der Waals surface area contributed by atoms with Gasteiger partial charge in [-0.15, -0.1) is 0 Å². The normalized spacial score (nSPS) is 19.1. The fourth-order valence-corrected chi connectivity index (χ4v) is 6.48. The molecule has 226 valence electrons. The van der Waals surface area contributed by atoms with E-state index in [0.29, 0.717) is 39.4 Å². The van der Waals surface area contributed by atoms with Crippen LogP contribution in [0.1, 0.15) is 46.4 Å². The standard InChI is InChI=1S/C38H29N3O5/c1-26-35(28-16-7-3-8-17-28)46-38(30-20-13-21-31(24-30)41(44)45)25-34(27-14-5-2-6-15-27)39(37(43)29-18-9-4-10-19-29)32-22-11-12-23-33(32)40(38)36(26)42/h2-24,34H,25H2,1H3/t34-,38+/m0/s1. The smallest absolute Gasteiger partial charge is 0.269 e. The Morgan fingerprint density at radius 1 is 0.804 bits per heavy atom. The number of non-ortho nitro benzene ring substituents is 1. The average Bonchev–Trinajstić information content (AvgIpc) is 3.24. The van der Waals surface area contributed by atoms with E-state index >= 15 is 0 Å². The molecule has 0 fully saturated rings. The van der Waals surface area contributed by atoms with Gasteiger partial charge in [-0.25, -0.2) is 0 Å². The number of anilines is 2. The number of hydrogen-bond donors (Lipinski definition) is 0. The summed E-state index contributed by atoms with van der Waals surface area (Å²) in [6.07, 6.45) is 0.0702. The molecule has 0 saturated carbocycles. The molecule has 0 radical (unpaired) electrons. The molecule has 7 rings (SSSR count). The maximum atomic E-state index is 14.8. The van der Waals surface area contributed by atoms with Crippen LogP contribution < -0.4 is 9.80 Å². The Morgan fingerprint density at radius 3 is 2.09 bits per heavy atom. The Balaban J connectivity index is 1.56. The van der Waals surface area contributed by atoms with Gasteiger partial charge in [-0.1, -0.05) is 103 Å². The highest BCUT2D eigenvalue weighted by molar-refractivity contribution is 6.15. The van der Waals surface area contributed by atoms with E-state index in [4.69, 9.17) is 4.74 Å². The summed E-state index contributed by atoms with van der Waals surface area (Å²) in [5.74, 6) is -0.207. The van der Waals surface area contributed by atoms with E-state index in [0.717, 1.165) is 5.56 Å². The van der Waals surface area contributed by atoms with Gasteiger partial charge in [-0.2, -0.15) is 0 Å². The summed E-state index contributed by atoms with van der Waals surface area (Å²) in [6.45, 7) is 1.72. The second kappa shape index (κ2) is 11.5. The molecule has 0 aliphatic carbocycles. The Morgan fingerprint density at radius 2 is 1.41 bits per heavy atom. The largest absolute Gasteiger partial charge is 0.462 e. The number of nitro groups is 1. The van der Waals surface area contributed by atoms with Gasteiger partial charge in [0.1, 0.15) is 5.76 Å². The topological polar surface area (TPSA) is 93.0 Å². The first-order valence-electron chi connectivity index (χ1n) is 15.0. The van der Waals surface area contributed by atoms with Gasteiger partial charge in [-0.3, -0.25) is 29.5 Å². The second-order valence-corrected chi connectivity index (χ2v) is 11.3. The van der Waals surface area contributed by atoms with E-state index in [-0.39, 0.29) is 23.9 Å². The highest BCUT2D eigenvalue weighted by atomic mass is 16.6. The maximum absolute atomic E-state index is 14.8.